The van der Waals surface area contributed by atoms with Gasteiger partial charge in [0.15, 0.2) is 0 Å². The second-order valence-corrected chi connectivity index (χ2v) is 4.62. The molecule has 2 saturated heterocycles. The van der Waals surface area contributed by atoms with Crippen LogP contribution < -0.4 is 5.73 Å². The maximum Gasteiger partial charge on any atom is 0.0545 e. The zero-order valence-corrected chi connectivity index (χ0v) is 8.46. The number of nitrogens with zero attached hydrogens (tertiary/aromatic N) is 1. The van der Waals surface area contributed by atoms with Gasteiger partial charge in [-0.05, 0) is 19.4 Å². The van der Waals surface area contributed by atoms with Gasteiger partial charge in [-0.2, -0.15) is 0 Å². The molecule has 0 aromatic carbocycles. The van der Waals surface area contributed by atoms with Gasteiger partial charge in [-0.15, -0.1) is 0 Å². The molecule has 0 saturated carbocycles. The van der Waals surface area contributed by atoms with Crippen molar-refractivity contribution in [2.24, 2.45) is 11.1 Å². The Bertz CT molecular complexity index is 168. The van der Waals surface area contributed by atoms with E-state index >= 15 is 0 Å². The molecule has 0 amide bonds. The van der Waals surface area contributed by atoms with Crippen molar-refractivity contribution in [3.05, 3.63) is 0 Å². The van der Waals surface area contributed by atoms with Crippen LogP contribution in [0.2, 0.25) is 0 Å². The Morgan fingerprint density at radius 1 is 1.46 bits per heavy atom. The van der Waals surface area contributed by atoms with Gasteiger partial charge >= 0.3 is 0 Å². The predicted molar refractivity (Wildman–Crippen MR) is 52.6 cm³/mol. The number of ether oxygens (including phenoxy) is 1. The van der Waals surface area contributed by atoms with E-state index in [-0.39, 0.29) is 0 Å². The Hall–Kier alpha value is -0.120. The standard InChI is InChI=1S/C10H20N2O/c1-2-10(7-13-8-10)3-4-12-5-9(11)6-12/h9H,2-8,11H2,1H3. The highest BCUT2D eigenvalue weighted by molar-refractivity contribution is 4.88. The van der Waals surface area contributed by atoms with Crippen LogP contribution in [-0.2, 0) is 4.74 Å². The molecule has 13 heavy (non-hydrogen) atoms. The summed E-state index contributed by atoms with van der Waals surface area (Å²) in [7, 11) is 0. The Kier molecular flexibility index (Phi) is 2.58. The lowest BCUT2D eigenvalue weighted by molar-refractivity contribution is -0.123. The molecule has 0 unspecified atom stereocenters. The predicted octanol–water partition coefficient (Wildman–Crippen LogP) is 0.446. The summed E-state index contributed by atoms with van der Waals surface area (Å²) in [5, 5.41) is 0. The Labute approximate surface area is 80.2 Å². The van der Waals surface area contributed by atoms with Gasteiger partial charge in [0.1, 0.15) is 0 Å². The first-order valence-electron chi connectivity index (χ1n) is 5.30. The summed E-state index contributed by atoms with van der Waals surface area (Å²) in [6.07, 6.45) is 2.54. The smallest absolute Gasteiger partial charge is 0.0545 e. The molecule has 0 aromatic heterocycles. The lowest BCUT2D eigenvalue weighted by atomic mass is 9.79. The van der Waals surface area contributed by atoms with Crippen LogP contribution in [0.1, 0.15) is 19.8 Å². The first-order valence-corrected chi connectivity index (χ1v) is 5.30. The summed E-state index contributed by atoms with van der Waals surface area (Å²) in [4.78, 5) is 2.44. The minimum atomic E-state index is 0.440. The third-order valence-electron chi connectivity index (χ3n) is 3.51. The lowest BCUT2D eigenvalue weighted by Gasteiger charge is -2.44. The van der Waals surface area contributed by atoms with Crippen molar-refractivity contribution in [1.29, 1.82) is 0 Å². The van der Waals surface area contributed by atoms with Gasteiger partial charge in [0.2, 0.25) is 0 Å². The number of likely N-dealkylation sites (tertiary alicyclic amines) is 1. The second-order valence-electron chi connectivity index (χ2n) is 4.62. The van der Waals surface area contributed by atoms with Gasteiger partial charge in [0, 0.05) is 24.5 Å². The number of hydrogen-bond donors (Lipinski definition) is 1. The molecule has 2 aliphatic heterocycles. The van der Waals surface area contributed by atoms with Crippen LogP contribution in [0, 0.1) is 5.41 Å². The normalized spacial score (nSPS) is 28.2. The van der Waals surface area contributed by atoms with E-state index in [2.05, 4.69) is 11.8 Å². The van der Waals surface area contributed by atoms with Gasteiger partial charge in [-0.25, -0.2) is 0 Å². The maximum absolute atomic E-state index is 5.72. The van der Waals surface area contributed by atoms with E-state index in [0.29, 0.717) is 11.5 Å². The SMILES string of the molecule is CCC1(CCN2CC(N)C2)COC1. The Balaban J connectivity index is 1.66. The third-order valence-corrected chi connectivity index (χ3v) is 3.51. The van der Waals surface area contributed by atoms with Gasteiger partial charge < -0.3 is 15.4 Å². The van der Waals surface area contributed by atoms with Crippen molar-refractivity contribution in [3.8, 4) is 0 Å². The first kappa shape index (κ1) is 9.44. The van der Waals surface area contributed by atoms with Crippen molar-refractivity contribution in [1.82, 2.24) is 4.90 Å². The molecule has 0 bridgehead atoms. The molecule has 0 spiro atoms. The van der Waals surface area contributed by atoms with Crippen molar-refractivity contribution < 1.29 is 4.74 Å². The third kappa shape index (κ3) is 1.87. The minimum Gasteiger partial charge on any atom is -0.380 e. The maximum atomic E-state index is 5.72. The molecular weight excluding hydrogens is 164 g/mol. The van der Waals surface area contributed by atoms with Crippen LogP contribution in [0.15, 0.2) is 0 Å². The summed E-state index contributed by atoms with van der Waals surface area (Å²) in [6, 6.07) is 0.440. The topological polar surface area (TPSA) is 38.5 Å². The van der Waals surface area contributed by atoms with E-state index < -0.39 is 0 Å². The minimum absolute atomic E-state index is 0.440. The fourth-order valence-corrected chi connectivity index (χ4v) is 2.10. The van der Waals surface area contributed by atoms with Crippen LogP contribution in [-0.4, -0.2) is 43.8 Å². The molecule has 3 heteroatoms. The van der Waals surface area contributed by atoms with Crippen molar-refractivity contribution in [2.75, 3.05) is 32.8 Å². The van der Waals surface area contributed by atoms with E-state index in [1.54, 1.807) is 0 Å². The van der Waals surface area contributed by atoms with E-state index in [1.165, 1.54) is 19.4 Å². The molecule has 3 nitrogen and oxygen atoms in total. The monoisotopic (exact) mass is 184 g/mol. The van der Waals surface area contributed by atoms with Crippen LogP contribution in [0.4, 0.5) is 0 Å². The van der Waals surface area contributed by atoms with E-state index in [0.717, 1.165) is 26.3 Å². The fraction of sp³-hybridized carbons (Fsp3) is 1.00. The Morgan fingerprint density at radius 3 is 2.54 bits per heavy atom. The van der Waals surface area contributed by atoms with Gasteiger partial charge in [0.25, 0.3) is 0 Å². The largest absolute Gasteiger partial charge is 0.380 e. The van der Waals surface area contributed by atoms with Gasteiger partial charge in [0.05, 0.1) is 13.2 Å². The summed E-state index contributed by atoms with van der Waals surface area (Å²) < 4.78 is 5.29. The molecule has 0 aromatic rings. The summed E-state index contributed by atoms with van der Waals surface area (Å²) in [5.74, 6) is 0. The van der Waals surface area contributed by atoms with E-state index in [1.807, 2.05) is 0 Å². The highest BCUT2D eigenvalue weighted by Gasteiger charge is 2.37. The van der Waals surface area contributed by atoms with Crippen molar-refractivity contribution in [2.45, 2.75) is 25.8 Å². The number of hydrogen-bond acceptors (Lipinski definition) is 3. The molecule has 2 N–H and O–H groups in total. The summed E-state index contributed by atoms with van der Waals surface area (Å²) >= 11 is 0. The highest BCUT2D eigenvalue weighted by Crippen LogP contribution is 2.35. The molecule has 0 atom stereocenters. The highest BCUT2D eigenvalue weighted by atomic mass is 16.5. The summed E-state index contributed by atoms with van der Waals surface area (Å²) in [6.45, 7) is 7.63. The molecule has 76 valence electrons. The van der Waals surface area contributed by atoms with Crippen LogP contribution in [0.5, 0.6) is 0 Å². The average Bonchev–Trinajstić information content (AvgIpc) is 1.99. The molecule has 2 rings (SSSR count). The zero-order valence-electron chi connectivity index (χ0n) is 8.46. The van der Waals surface area contributed by atoms with E-state index in [4.69, 9.17) is 10.5 Å². The molecule has 0 radical (unpaired) electrons. The lowest BCUT2D eigenvalue weighted by Crippen LogP contribution is -2.57. The molecule has 0 aliphatic carbocycles. The van der Waals surface area contributed by atoms with E-state index in [9.17, 15) is 0 Å². The van der Waals surface area contributed by atoms with Crippen LogP contribution in [0.25, 0.3) is 0 Å². The van der Waals surface area contributed by atoms with Gasteiger partial charge in [-0.1, -0.05) is 6.92 Å². The molecule has 2 aliphatic rings. The quantitative estimate of drug-likeness (QED) is 0.689. The van der Waals surface area contributed by atoms with Crippen LogP contribution >= 0.6 is 0 Å². The molecule has 2 heterocycles. The van der Waals surface area contributed by atoms with Gasteiger partial charge in [-0.3, -0.25) is 0 Å². The number of nitrogens with two attached hydrogens (primary N) is 1. The second kappa shape index (κ2) is 3.56. The first-order chi connectivity index (χ1) is 6.24. The van der Waals surface area contributed by atoms with Crippen LogP contribution in [0.3, 0.4) is 0 Å². The van der Waals surface area contributed by atoms with Crippen molar-refractivity contribution in [3.63, 3.8) is 0 Å². The zero-order chi connectivity index (χ0) is 9.31. The summed E-state index contributed by atoms with van der Waals surface area (Å²) in [5.41, 5.74) is 6.23. The van der Waals surface area contributed by atoms with Crippen molar-refractivity contribution >= 4 is 0 Å². The Morgan fingerprint density at radius 2 is 2.15 bits per heavy atom. The number of rotatable bonds is 4. The molecular formula is C10H20N2O. The molecule has 2 fully saturated rings. The fourth-order valence-electron chi connectivity index (χ4n) is 2.10. The average molecular weight is 184 g/mol.